The number of pyridine rings is 1. The van der Waals surface area contributed by atoms with E-state index in [9.17, 15) is 9.59 Å². The monoisotopic (exact) mass is 329 g/mol. The normalized spacial score (nSPS) is 16.7. The van der Waals surface area contributed by atoms with Crippen molar-refractivity contribution in [3.05, 3.63) is 58.4 Å². The van der Waals surface area contributed by atoms with Crippen molar-refractivity contribution in [3.8, 4) is 0 Å². The number of carbonyl (C=O) groups excluding carboxylic acids is 1. The highest BCUT2D eigenvalue weighted by Crippen LogP contribution is 2.24. The van der Waals surface area contributed by atoms with Gasteiger partial charge in [0.15, 0.2) is 0 Å². The van der Waals surface area contributed by atoms with E-state index in [1.165, 1.54) is 29.9 Å². The molecular weight excluding hydrogens is 306 g/mol. The van der Waals surface area contributed by atoms with Crippen molar-refractivity contribution in [1.29, 1.82) is 0 Å². The fraction of sp³-hybridized carbons (Fsp3) is 0.444. The minimum absolute atomic E-state index is 0.0387. The first kappa shape index (κ1) is 16.5. The second-order valence-corrected chi connectivity index (χ2v) is 6.20. The molecule has 1 fully saturated rings. The number of hydrogen-bond acceptors (Lipinski definition) is 4. The molecule has 1 atom stereocenters. The molecule has 1 aliphatic heterocycles. The Morgan fingerprint density at radius 2 is 2.04 bits per heavy atom. The zero-order valence-corrected chi connectivity index (χ0v) is 13.9. The zero-order valence-electron chi connectivity index (χ0n) is 13.9. The number of piperidine rings is 1. The summed E-state index contributed by atoms with van der Waals surface area (Å²) in [6.45, 7) is 2.51. The van der Waals surface area contributed by atoms with E-state index >= 15 is 0 Å². The number of likely N-dealkylation sites (tertiary alicyclic amines) is 1. The molecule has 0 spiro atoms. The molecule has 128 valence electrons. The summed E-state index contributed by atoms with van der Waals surface area (Å²) in [6, 6.07) is 6.83. The lowest BCUT2D eigenvalue weighted by Gasteiger charge is -2.33. The Labute approximate surface area is 141 Å². The first-order valence-electron chi connectivity index (χ1n) is 8.37. The van der Waals surface area contributed by atoms with Gasteiger partial charge in [-0.2, -0.15) is 0 Å². The van der Waals surface area contributed by atoms with E-state index < -0.39 is 0 Å². The second kappa shape index (κ2) is 7.49. The van der Waals surface area contributed by atoms with Crippen molar-refractivity contribution in [2.45, 2.75) is 25.3 Å². The van der Waals surface area contributed by atoms with Gasteiger partial charge in [0.05, 0.1) is 17.9 Å². The quantitative estimate of drug-likeness (QED) is 0.910. The summed E-state index contributed by atoms with van der Waals surface area (Å²) in [5.41, 5.74) is 0.349. The molecule has 0 bridgehead atoms. The van der Waals surface area contributed by atoms with Gasteiger partial charge in [-0.05, 0) is 44.1 Å². The molecule has 0 unspecified atom stereocenters. The maximum Gasteiger partial charge on any atom is 0.252 e. The Balaban J connectivity index is 1.69. The number of carbonyl (C=O) groups is 1. The van der Waals surface area contributed by atoms with E-state index in [2.05, 4.69) is 10.2 Å². The molecular formula is C18H23N3O3. The Morgan fingerprint density at radius 1 is 1.25 bits per heavy atom. The molecule has 1 N–H and O–H groups in total. The van der Waals surface area contributed by atoms with Gasteiger partial charge in [-0.3, -0.25) is 14.5 Å². The van der Waals surface area contributed by atoms with Crippen LogP contribution in [0.1, 0.15) is 41.4 Å². The lowest BCUT2D eigenvalue weighted by Crippen LogP contribution is -2.40. The van der Waals surface area contributed by atoms with Crippen LogP contribution < -0.4 is 10.9 Å². The van der Waals surface area contributed by atoms with Crippen LogP contribution in [0.4, 0.5) is 0 Å². The standard InChI is InChI=1S/C18H23N3O3/c1-20-13-14(7-8-17(20)22)18(23)19-12-15(16-6-5-11-24-16)21-9-3-2-4-10-21/h5-8,11,13,15H,2-4,9-10,12H2,1H3,(H,19,23)/t15-/m1/s1. The van der Waals surface area contributed by atoms with Crippen molar-refractivity contribution < 1.29 is 9.21 Å². The van der Waals surface area contributed by atoms with Crippen LogP contribution in [0.5, 0.6) is 0 Å². The van der Waals surface area contributed by atoms with E-state index in [-0.39, 0.29) is 17.5 Å². The third kappa shape index (κ3) is 3.76. The molecule has 6 nitrogen and oxygen atoms in total. The van der Waals surface area contributed by atoms with Gasteiger partial charge in [-0.25, -0.2) is 0 Å². The van der Waals surface area contributed by atoms with Crippen LogP contribution in [0.2, 0.25) is 0 Å². The summed E-state index contributed by atoms with van der Waals surface area (Å²) in [5, 5.41) is 2.98. The summed E-state index contributed by atoms with van der Waals surface area (Å²) in [4.78, 5) is 26.2. The highest BCUT2D eigenvalue weighted by Gasteiger charge is 2.25. The smallest absolute Gasteiger partial charge is 0.252 e. The zero-order chi connectivity index (χ0) is 16.9. The molecule has 0 aliphatic carbocycles. The van der Waals surface area contributed by atoms with Gasteiger partial charge >= 0.3 is 0 Å². The fourth-order valence-electron chi connectivity index (χ4n) is 3.14. The van der Waals surface area contributed by atoms with Gasteiger partial charge in [0.25, 0.3) is 5.91 Å². The van der Waals surface area contributed by atoms with Crippen LogP contribution in [-0.4, -0.2) is 35.0 Å². The van der Waals surface area contributed by atoms with E-state index in [1.807, 2.05) is 12.1 Å². The van der Waals surface area contributed by atoms with Gasteiger partial charge in [0.2, 0.25) is 5.56 Å². The van der Waals surface area contributed by atoms with Crippen molar-refractivity contribution in [1.82, 2.24) is 14.8 Å². The van der Waals surface area contributed by atoms with Crippen molar-refractivity contribution in [2.24, 2.45) is 7.05 Å². The number of rotatable bonds is 5. The average Bonchev–Trinajstić information content (AvgIpc) is 3.12. The van der Waals surface area contributed by atoms with Gasteiger partial charge in [0, 0.05) is 25.9 Å². The predicted octanol–water partition coefficient (Wildman–Crippen LogP) is 1.94. The van der Waals surface area contributed by atoms with Crippen molar-refractivity contribution in [2.75, 3.05) is 19.6 Å². The number of aryl methyl sites for hydroxylation is 1. The maximum atomic E-state index is 12.4. The second-order valence-electron chi connectivity index (χ2n) is 6.20. The van der Waals surface area contributed by atoms with Crippen LogP contribution in [0.15, 0.2) is 45.9 Å². The van der Waals surface area contributed by atoms with Crippen LogP contribution >= 0.6 is 0 Å². The fourth-order valence-corrected chi connectivity index (χ4v) is 3.14. The van der Waals surface area contributed by atoms with Gasteiger partial charge in [0.1, 0.15) is 5.76 Å². The minimum Gasteiger partial charge on any atom is -0.468 e. The maximum absolute atomic E-state index is 12.4. The van der Waals surface area contributed by atoms with Crippen LogP contribution in [-0.2, 0) is 7.05 Å². The molecule has 0 aromatic carbocycles. The Morgan fingerprint density at radius 3 is 2.71 bits per heavy atom. The molecule has 1 aliphatic rings. The van der Waals surface area contributed by atoms with Gasteiger partial charge in [-0.15, -0.1) is 0 Å². The predicted molar refractivity (Wildman–Crippen MR) is 90.9 cm³/mol. The van der Waals surface area contributed by atoms with E-state index in [0.29, 0.717) is 12.1 Å². The van der Waals surface area contributed by atoms with Crippen LogP contribution in [0.25, 0.3) is 0 Å². The molecule has 2 aromatic rings. The van der Waals surface area contributed by atoms with E-state index in [0.717, 1.165) is 18.8 Å². The van der Waals surface area contributed by atoms with Crippen molar-refractivity contribution in [3.63, 3.8) is 0 Å². The average molecular weight is 329 g/mol. The molecule has 1 saturated heterocycles. The van der Waals surface area contributed by atoms with Gasteiger partial charge in [-0.1, -0.05) is 6.42 Å². The molecule has 3 heterocycles. The molecule has 0 saturated carbocycles. The Kier molecular flexibility index (Phi) is 5.15. The summed E-state index contributed by atoms with van der Waals surface area (Å²) in [7, 11) is 1.64. The SMILES string of the molecule is Cn1cc(C(=O)NC[C@H](c2ccco2)N2CCCCC2)ccc1=O. The van der Waals surface area contributed by atoms with E-state index in [4.69, 9.17) is 4.42 Å². The first-order chi connectivity index (χ1) is 11.6. The molecule has 3 rings (SSSR count). The number of hydrogen-bond donors (Lipinski definition) is 1. The molecule has 1 amide bonds. The van der Waals surface area contributed by atoms with Gasteiger partial charge < -0.3 is 14.3 Å². The number of amides is 1. The largest absolute Gasteiger partial charge is 0.468 e. The molecule has 24 heavy (non-hydrogen) atoms. The highest BCUT2D eigenvalue weighted by atomic mass is 16.3. The summed E-state index contributed by atoms with van der Waals surface area (Å²) in [5.74, 6) is 0.692. The van der Waals surface area contributed by atoms with Crippen LogP contribution in [0.3, 0.4) is 0 Å². The Hall–Kier alpha value is -2.34. The number of nitrogens with zero attached hydrogens (tertiary/aromatic N) is 2. The molecule has 0 radical (unpaired) electrons. The van der Waals surface area contributed by atoms with E-state index in [1.54, 1.807) is 25.6 Å². The highest BCUT2D eigenvalue weighted by molar-refractivity contribution is 5.93. The number of nitrogens with one attached hydrogen (secondary N) is 1. The number of furan rings is 1. The lowest BCUT2D eigenvalue weighted by molar-refractivity contribution is 0.0913. The topological polar surface area (TPSA) is 67.5 Å². The van der Waals surface area contributed by atoms with Crippen LogP contribution in [0, 0.1) is 0 Å². The van der Waals surface area contributed by atoms with Crippen molar-refractivity contribution >= 4 is 5.91 Å². The number of aromatic nitrogens is 1. The summed E-state index contributed by atoms with van der Waals surface area (Å²) >= 11 is 0. The molecule has 2 aromatic heterocycles. The third-order valence-electron chi connectivity index (χ3n) is 4.51. The molecule has 6 heteroatoms. The first-order valence-corrected chi connectivity index (χ1v) is 8.37. The minimum atomic E-state index is -0.181. The summed E-state index contributed by atoms with van der Waals surface area (Å²) < 4.78 is 6.99. The lowest BCUT2D eigenvalue weighted by atomic mass is 10.1. The third-order valence-corrected chi connectivity index (χ3v) is 4.51. The Bertz CT molecular complexity index is 730. The summed E-state index contributed by atoms with van der Waals surface area (Å²) in [6.07, 6.45) is 6.82.